The molecule has 2 unspecified atom stereocenters. The van der Waals surface area contributed by atoms with Gasteiger partial charge in [-0.25, -0.2) is 0 Å². The van der Waals surface area contributed by atoms with Gasteiger partial charge in [-0.2, -0.15) is 0 Å². The van der Waals surface area contributed by atoms with E-state index in [9.17, 15) is 4.79 Å². The lowest BCUT2D eigenvalue weighted by Gasteiger charge is -2.23. The third kappa shape index (κ3) is 4.10. The molecule has 78 valence electrons. The van der Waals surface area contributed by atoms with E-state index in [1.54, 1.807) is 6.92 Å². The average Bonchev–Trinajstić information content (AvgIpc) is 1.96. The Hall–Kier alpha value is -0.0800. The van der Waals surface area contributed by atoms with E-state index in [2.05, 4.69) is 0 Å². The lowest BCUT2D eigenvalue weighted by Crippen LogP contribution is -2.35. The summed E-state index contributed by atoms with van der Waals surface area (Å²) in [5.74, 6) is 0.426. The smallest absolute Gasteiger partial charge is 0.134 e. The Morgan fingerprint density at radius 2 is 1.69 bits per heavy atom. The monoisotopic (exact) mass is 205 g/mol. The summed E-state index contributed by atoms with van der Waals surface area (Å²) in [4.78, 5) is 11.2. The maximum absolute atomic E-state index is 11.2. The molecule has 3 heteroatoms. The molecular formula is C10H20ClNO. The molecule has 0 aliphatic heterocycles. The number of hydrogen-bond donors (Lipinski definition) is 1. The summed E-state index contributed by atoms with van der Waals surface area (Å²) in [6, 6.07) is 0.128. The third-order valence-corrected chi connectivity index (χ3v) is 2.84. The summed E-state index contributed by atoms with van der Waals surface area (Å²) in [6.45, 7) is 1.67. The van der Waals surface area contributed by atoms with E-state index in [-0.39, 0.29) is 30.2 Å². The Morgan fingerprint density at radius 3 is 2.23 bits per heavy atom. The molecule has 0 amide bonds. The van der Waals surface area contributed by atoms with Crippen molar-refractivity contribution in [1.82, 2.24) is 0 Å². The van der Waals surface area contributed by atoms with Gasteiger partial charge in [0.15, 0.2) is 0 Å². The summed E-state index contributed by atoms with van der Waals surface area (Å²) in [5.41, 5.74) is 5.93. The van der Waals surface area contributed by atoms with Crippen molar-refractivity contribution >= 4 is 18.2 Å². The molecule has 1 rings (SSSR count). The second-order valence-corrected chi connectivity index (χ2v) is 3.87. The van der Waals surface area contributed by atoms with Gasteiger partial charge in [-0.05, 0) is 19.8 Å². The zero-order valence-electron chi connectivity index (χ0n) is 8.29. The highest BCUT2D eigenvalue weighted by molar-refractivity contribution is 5.85. The van der Waals surface area contributed by atoms with Crippen LogP contribution < -0.4 is 5.73 Å². The number of carbonyl (C=O) groups is 1. The number of ketones is 1. The van der Waals surface area contributed by atoms with E-state index in [0.29, 0.717) is 0 Å². The van der Waals surface area contributed by atoms with Gasteiger partial charge in [0.2, 0.25) is 0 Å². The molecule has 0 bridgehead atoms. The summed E-state index contributed by atoms with van der Waals surface area (Å²) in [7, 11) is 0. The predicted octanol–water partition coefficient (Wildman–Crippen LogP) is 2.29. The fourth-order valence-corrected chi connectivity index (χ4v) is 2.02. The summed E-state index contributed by atoms with van der Waals surface area (Å²) < 4.78 is 0. The number of halogens is 1. The van der Waals surface area contributed by atoms with E-state index in [1.807, 2.05) is 0 Å². The van der Waals surface area contributed by atoms with Crippen LogP contribution in [-0.4, -0.2) is 11.8 Å². The highest BCUT2D eigenvalue weighted by Gasteiger charge is 2.22. The maximum Gasteiger partial charge on any atom is 0.134 e. The molecule has 1 aliphatic carbocycles. The molecule has 0 saturated heterocycles. The van der Waals surface area contributed by atoms with Gasteiger partial charge in [0, 0.05) is 12.0 Å². The molecule has 2 atom stereocenters. The Balaban J connectivity index is 0.00000144. The second-order valence-electron chi connectivity index (χ2n) is 3.87. The molecule has 0 heterocycles. The zero-order chi connectivity index (χ0) is 8.97. The van der Waals surface area contributed by atoms with Crippen LogP contribution in [-0.2, 0) is 4.79 Å². The van der Waals surface area contributed by atoms with Crippen LogP contribution in [0, 0.1) is 5.92 Å². The summed E-state index contributed by atoms with van der Waals surface area (Å²) in [5, 5.41) is 0. The fourth-order valence-electron chi connectivity index (χ4n) is 2.02. The first kappa shape index (κ1) is 12.9. The maximum atomic E-state index is 11.2. The molecule has 0 radical (unpaired) electrons. The van der Waals surface area contributed by atoms with E-state index in [4.69, 9.17) is 5.73 Å². The van der Waals surface area contributed by atoms with Crippen LogP contribution in [0.5, 0.6) is 0 Å². The van der Waals surface area contributed by atoms with Gasteiger partial charge in [-0.3, -0.25) is 4.79 Å². The highest BCUT2D eigenvalue weighted by Crippen LogP contribution is 2.21. The molecule has 0 aromatic heterocycles. The van der Waals surface area contributed by atoms with Crippen LogP contribution in [0.4, 0.5) is 0 Å². The first-order valence-corrected chi connectivity index (χ1v) is 4.98. The SMILES string of the molecule is CC(=O)C1CCCCCCC1N.Cl. The summed E-state index contributed by atoms with van der Waals surface area (Å²) in [6.07, 6.45) is 6.98. The van der Waals surface area contributed by atoms with E-state index >= 15 is 0 Å². The van der Waals surface area contributed by atoms with E-state index in [0.717, 1.165) is 12.8 Å². The molecule has 1 fully saturated rings. The van der Waals surface area contributed by atoms with Gasteiger partial charge in [0.05, 0.1) is 0 Å². The molecule has 1 aliphatic rings. The number of rotatable bonds is 1. The number of Topliss-reactive ketones (excluding diaryl/α,β-unsaturated/α-hetero) is 1. The third-order valence-electron chi connectivity index (χ3n) is 2.84. The minimum Gasteiger partial charge on any atom is -0.327 e. The van der Waals surface area contributed by atoms with Gasteiger partial charge in [0.25, 0.3) is 0 Å². The fraction of sp³-hybridized carbons (Fsp3) is 0.900. The topological polar surface area (TPSA) is 43.1 Å². The van der Waals surface area contributed by atoms with Crippen molar-refractivity contribution in [1.29, 1.82) is 0 Å². The van der Waals surface area contributed by atoms with Crippen molar-refractivity contribution in [3.8, 4) is 0 Å². The van der Waals surface area contributed by atoms with Crippen molar-refractivity contribution in [2.75, 3.05) is 0 Å². The van der Waals surface area contributed by atoms with Crippen molar-refractivity contribution in [3.63, 3.8) is 0 Å². The Kier molecular flexibility index (Phi) is 6.35. The molecule has 0 spiro atoms. The second kappa shape index (κ2) is 6.39. The van der Waals surface area contributed by atoms with Crippen LogP contribution in [0.2, 0.25) is 0 Å². The highest BCUT2D eigenvalue weighted by atomic mass is 35.5. The Bertz CT molecular complexity index is 161. The first-order valence-electron chi connectivity index (χ1n) is 4.98. The average molecular weight is 206 g/mol. The van der Waals surface area contributed by atoms with Crippen LogP contribution >= 0.6 is 12.4 Å². The first-order chi connectivity index (χ1) is 5.72. The summed E-state index contributed by atoms with van der Waals surface area (Å²) >= 11 is 0. The minimum absolute atomic E-state index is 0. The molecule has 13 heavy (non-hydrogen) atoms. The largest absolute Gasteiger partial charge is 0.327 e. The number of hydrogen-bond acceptors (Lipinski definition) is 2. The minimum atomic E-state index is 0. The molecule has 2 N–H and O–H groups in total. The van der Waals surface area contributed by atoms with E-state index in [1.165, 1.54) is 25.7 Å². The molecule has 0 aromatic carbocycles. The van der Waals surface area contributed by atoms with Gasteiger partial charge >= 0.3 is 0 Å². The number of nitrogens with two attached hydrogens (primary N) is 1. The van der Waals surface area contributed by atoms with Gasteiger partial charge in [-0.15, -0.1) is 12.4 Å². The molecule has 0 aromatic rings. The van der Waals surface area contributed by atoms with Gasteiger partial charge < -0.3 is 5.73 Å². The quantitative estimate of drug-likeness (QED) is 0.714. The lowest BCUT2D eigenvalue weighted by atomic mass is 9.85. The molecule has 1 saturated carbocycles. The Morgan fingerprint density at radius 1 is 1.15 bits per heavy atom. The predicted molar refractivity (Wildman–Crippen MR) is 57.1 cm³/mol. The van der Waals surface area contributed by atoms with E-state index < -0.39 is 0 Å². The van der Waals surface area contributed by atoms with Crippen LogP contribution in [0.15, 0.2) is 0 Å². The normalized spacial score (nSPS) is 29.7. The van der Waals surface area contributed by atoms with Crippen molar-refractivity contribution < 1.29 is 4.79 Å². The van der Waals surface area contributed by atoms with Crippen molar-refractivity contribution in [2.24, 2.45) is 11.7 Å². The lowest BCUT2D eigenvalue weighted by molar-refractivity contribution is -0.121. The van der Waals surface area contributed by atoms with Crippen LogP contribution in [0.25, 0.3) is 0 Å². The zero-order valence-corrected chi connectivity index (χ0v) is 9.11. The van der Waals surface area contributed by atoms with Gasteiger partial charge in [-0.1, -0.05) is 25.7 Å². The van der Waals surface area contributed by atoms with Crippen LogP contribution in [0.1, 0.15) is 45.4 Å². The van der Waals surface area contributed by atoms with Crippen LogP contribution in [0.3, 0.4) is 0 Å². The molecule has 2 nitrogen and oxygen atoms in total. The van der Waals surface area contributed by atoms with Crippen molar-refractivity contribution in [3.05, 3.63) is 0 Å². The number of carbonyl (C=O) groups excluding carboxylic acids is 1. The molecular weight excluding hydrogens is 186 g/mol. The van der Waals surface area contributed by atoms with Crippen molar-refractivity contribution in [2.45, 2.75) is 51.5 Å². The standard InChI is InChI=1S/C10H19NO.ClH/c1-8(12)9-6-4-2-3-5-7-10(9)11;/h9-10H,2-7,11H2,1H3;1H. The Labute approximate surface area is 86.7 Å². The van der Waals surface area contributed by atoms with Gasteiger partial charge in [0.1, 0.15) is 5.78 Å².